The minimum atomic E-state index is 0.270. The predicted molar refractivity (Wildman–Crippen MR) is 55.9 cm³/mol. The van der Waals surface area contributed by atoms with Gasteiger partial charge in [0.15, 0.2) is 0 Å². The van der Waals surface area contributed by atoms with Crippen LogP contribution in [0, 0.1) is 5.92 Å². The Hall–Kier alpha value is -0.0800. The van der Waals surface area contributed by atoms with Crippen molar-refractivity contribution in [2.45, 2.75) is 45.6 Å². The summed E-state index contributed by atoms with van der Waals surface area (Å²) in [5, 5.41) is 3.50. The van der Waals surface area contributed by atoms with E-state index in [2.05, 4.69) is 26.1 Å². The summed E-state index contributed by atoms with van der Waals surface area (Å²) in [7, 11) is 0. The zero-order chi connectivity index (χ0) is 9.73. The fourth-order valence-electron chi connectivity index (χ4n) is 1.67. The Labute approximate surface area is 82.0 Å². The van der Waals surface area contributed by atoms with Gasteiger partial charge in [-0.15, -0.1) is 0 Å². The van der Waals surface area contributed by atoms with Crippen molar-refractivity contribution >= 4 is 0 Å². The molecule has 2 nitrogen and oxygen atoms in total. The van der Waals surface area contributed by atoms with Crippen LogP contribution in [0.5, 0.6) is 0 Å². The third-order valence-electron chi connectivity index (χ3n) is 2.47. The maximum atomic E-state index is 5.33. The molecule has 1 aliphatic rings. The summed E-state index contributed by atoms with van der Waals surface area (Å²) in [6, 6.07) is 0. The maximum absolute atomic E-state index is 5.33. The molecule has 0 aromatic heterocycles. The van der Waals surface area contributed by atoms with Crippen molar-refractivity contribution in [3.05, 3.63) is 0 Å². The van der Waals surface area contributed by atoms with Crippen LogP contribution in [0.3, 0.4) is 0 Å². The first-order valence-corrected chi connectivity index (χ1v) is 5.41. The molecule has 0 aromatic carbocycles. The second kappa shape index (κ2) is 4.97. The summed E-state index contributed by atoms with van der Waals surface area (Å²) in [5.41, 5.74) is 0.270. The highest BCUT2D eigenvalue weighted by molar-refractivity contribution is 4.71. The molecule has 1 aliphatic heterocycles. The van der Waals surface area contributed by atoms with Crippen molar-refractivity contribution in [2.24, 2.45) is 5.92 Å². The number of hydrogen-bond donors (Lipinski definition) is 1. The Morgan fingerprint density at radius 2 is 2.15 bits per heavy atom. The van der Waals surface area contributed by atoms with Gasteiger partial charge in [-0.2, -0.15) is 0 Å². The van der Waals surface area contributed by atoms with Crippen LogP contribution >= 0.6 is 0 Å². The lowest BCUT2D eigenvalue weighted by atomic mass is 10.0. The molecule has 1 heterocycles. The van der Waals surface area contributed by atoms with Crippen LogP contribution in [0.2, 0.25) is 0 Å². The molecular weight excluding hydrogens is 162 g/mol. The average molecular weight is 185 g/mol. The third-order valence-corrected chi connectivity index (χ3v) is 2.47. The molecule has 0 amide bonds. The standard InChI is InChI=1S/C11H23NO/c1-11(2,3)12-7-4-5-10-6-8-13-9-10/h10,12H,4-9H2,1-3H3. The normalized spacial score (nSPS) is 23.8. The Morgan fingerprint density at radius 1 is 1.38 bits per heavy atom. The van der Waals surface area contributed by atoms with Gasteiger partial charge in [-0.3, -0.25) is 0 Å². The van der Waals surface area contributed by atoms with E-state index in [0.29, 0.717) is 0 Å². The zero-order valence-electron chi connectivity index (χ0n) is 9.23. The monoisotopic (exact) mass is 185 g/mol. The van der Waals surface area contributed by atoms with E-state index in [9.17, 15) is 0 Å². The van der Waals surface area contributed by atoms with E-state index in [0.717, 1.165) is 25.7 Å². The molecule has 0 radical (unpaired) electrons. The molecule has 1 rings (SSSR count). The van der Waals surface area contributed by atoms with Crippen molar-refractivity contribution in [1.82, 2.24) is 5.32 Å². The van der Waals surface area contributed by atoms with Crippen LogP contribution in [-0.4, -0.2) is 25.3 Å². The van der Waals surface area contributed by atoms with Crippen LogP contribution in [0.15, 0.2) is 0 Å². The Bertz CT molecular complexity index is 134. The van der Waals surface area contributed by atoms with E-state index >= 15 is 0 Å². The Kier molecular flexibility index (Phi) is 4.20. The molecule has 2 heteroatoms. The van der Waals surface area contributed by atoms with Crippen molar-refractivity contribution in [3.8, 4) is 0 Å². The summed E-state index contributed by atoms with van der Waals surface area (Å²) < 4.78 is 5.33. The molecular formula is C11H23NO. The average Bonchev–Trinajstić information content (AvgIpc) is 2.48. The van der Waals surface area contributed by atoms with Gasteiger partial charge in [0.25, 0.3) is 0 Å². The quantitative estimate of drug-likeness (QED) is 0.678. The van der Waals surface area contributed by atoms with Gasteiger partial charge < -0.3 is 10.1 Å². The highest BCUT2D eigenvalue weighted by atomic mass is 16.5. The summed E-state index contributed by atoms with van der Waals surface area (Å²) >= 11 is 0. The number of ether oxygens (including phenoxy) is 1. The van der Waals surface area contributed by atoms with Crippen LogP contribution < -0.4 is 5.32 Å². The molecule has 0 bridgehead atoms. The van der Waals surface area contributed by atoms with Crippen molar-refractivity contribution in [1.29, 1.82) is 0 Å². The lowest BCUT2D eigenvalue weighted by molar-refractivity contribution is 0.183. The highest BCUT2D eigenvalue weighted by Gasteiger charge is 2.15. The lowest BCUT2D eigenvalue weighted by Gasteiger charge is -2.20. The molecule has 0 aliphatic carbocycles. The Morgan fingerprint density at radius 3 is 2.69 bits per heavy atom. The minimum Gasteiger partial charge on any atom is -0.381 e. The van der Waals surface area contributed by atoms with Gasteiger partial charge in [0.05, 0.1) is 0 Å². The molecule has 78 valence electrons. The number of hydrogen-bond acceptors (Lipinski definition) is 2. The van der Waals surface area contributed by atoms with Crippen LogP contribution in [0.4, 0.5) is 0 Å². The van der Waals surface area contributed by atoms with E-state index in [1.54, 1.807) is 0 Å². The van der Waals surface area contributed by atoms with Gasteiger partial charge in [0, 0.05) is 18.8 Å². The van der Waals surface area contributed by atoms with Gasteiger partial charge in [-0.1, -0.05) is 0 Å². The first kappa shape index (κ1) is 11.0. The van der Waals surface area contributed by atoms with Crippen LogP contribution in [-0.2, 0) is 4.74 Å². The predicted octanol–water partition coefficient (Wildman–Crippen LogP) is 2.19. The fraction of sp³-hybridized carbons (Fsp3) is 1.00. The van der Waals surface area contributed by atoms with Gasteiger partial charge >= 0.3 is 0 Å². The number of nitrogens with one attached hydrogen (secondary N) is 1. The molecule has 1 N–H and O–H groups in total. The van der Waals surface area contributed by atoms with Gasteiger partial charge in [-0.05, 0) is 52.5 Å². The summed E-state index contributed by atoms with van der Waals surface area (Å²) in [5.74, 6) is 0.835. The smallest absolute Gasteiger partial charge is 0.0495 e. The molecule has 1 unspecified atom stereocenters. The topological polar surface area (TPSA) is 21.3 Å². The van der Waals surface area contributed by atoms with Crippen LogP contribution in [0.1, 0.15) is 40.0 Å². The third kappa shape index (κ3) is 5.27. The van der Waals surface area contributed by atoms with E-state index < -0.39 is 0 Å². The molecule has 0 aromatic rings. The second-order valence-corrected chi connectivity index (χ2v) is 5.05. The zero-order valence-corrected chi connectivity index (χ0v) is 9.23. The molecule has 0 saturated carbocycles. The first-order valence-electron chi connectivity index (χ1n) is 5.41. The summed E-state index contributed by atoms with van der Waals surface area (Å²) in [4.78, 5) is 0. The van der Waals surface area contributed by atoms with Gasteiger partial charge in [0.1, 0.15) is 0 Å². The van der Waals surface area contributed by atoms with Gasteiger partial charge in [0.2, 0.25) is 0 Å². The van der Waals surface area contributed by atoms with E-state index in [4.69, 9.17) is 4.74 Å². The van der Waals surface area contributed by atoms with E-state index in [1.807, 2.05) is 0 Å². The highest BCUT2D eigenvalue weighted by Crippen LogP contribution is 2.17. The van der Waals surface area contributed by atoms with E-state index in [1.165, 1.54) is 19.3 Å². The van der Waals surface area contributed by atoms with Gasteiger partial charge in [-0.25, -0.2) is 0 Å². The summed E-state index contributed by atoms with van der Waals surface area (Å²) in [6.07, 6.45) is 3.88. The molecule has 1 fully saturated rings. The first-order chi connectivity index (χ1) is 6.08. The van der Waals surface area contributed by atoms with E-state index in [-0.39, 0.29) is 5.54 Å². The molecule has 1 atom stereocenters. The summed E-state index contributed by atoms with van der Waals surface area (Å²) in [6.45, 7) is 9.76. The van der Waals surface area contributed by atoms with Crippen LogP contribution in [0.25, 0.3) is 0 Å². The van der Waals surface area contributed by atoms with Crippen molar-refractivity contribution < 1.29 is 4.74 Å². The van der Waals surface area contributed by atoms with Crippen molar-refractivity contribution in [3.63, 3.8) is 0 Å². The second-order valence-electron chi connectivity index (χ2n) is 5.05. The molecule has 1 saturated heterocycles. The fourth-order valence-corrected chi connectivity index (χ4v) is 1.67. The molecule has 0 spiro atoms. The molecule has 13 heavy (non-hydrogen) atoms. The lowest BCUT2D eigenvalue weighted by Crippen LogP contribution is -2.36. The number of rotatable bonds is 4. The Balaban J connectivity index is 1.94. The van der Waals surface area contributed by atoms with Crippen molar-refractivity contribution in [2.75, 3.05) is 19.8 Å². The SMILES string of the molecule is CC(C)(C)NCCCC1CCOC1. The maximum Gasteiger partial charge on any atom is 0.0495 e. The minimum absolute atomic E-state index is 0.270. The largest absolute Gasteiger partial charge is 0.381 e.